The summed E-state index contributed by atoms with van der Waals surface area (Å²) in [4.78, 5) is 0.450. The first-order valence-electron chi connectivity index (χ1n) is 7.80. The summed E-state index contributed by atoms with van der Waals surface area (Å²) in [6, 6.07) is 12.8. The van der Waals surface area contributed by atoms with Crippen molar-refractivity contribution in [3.05, 3.63) is 59.9 Å². The zero-order valence-electron chi connectivity index (χ0n) is 13.3. The van der Waals surface area contributed by atoms with Gasteiger partial charge in [-0.3, -0.25) is 0 Å². The molecule has 4 rings (SSSR count). The number of aryl methyl sites for hydroxylation is 1. The van der Waals surface area contributed by atoms with E-state index in [1.165, 1.54) is 6.26 Å². The molecule has 7 heteroatoms. The van der Waals surface area contributed by atoms with Crippen molar-refractivity contribution in [1.82, 2.24) is 5.16 Å². The fourth-order valence-electron chi connectivity index (χ4n) is 2.92. The number of sulfone groups is 1. The van der Waals surface area contributed by atoms with E-state index in [1.54, 1.807) is 12.1 Å². The van der Waals surface area contributed by atoms with Crippen LogP contribution in [-0.2, 0) is 22.9 Å². The van der Waals surface area contributed by atoms with Gasteiger partial charge in [0.1, 0.15) is 30.0 Å². The number of nitrogens with zero attached hydrogens (tertiary/aromatic N) is 1. The Morgan fingerprint density at radius 3 is 2.68 bits per heavy atom. The first-order chi connectivity index (χ1) is 12.0. The molecule has 2 heterocycles. The lowest BCUT2D eigenvalue weighted by Gasteiger charge is -2.08. The molecule has 0 spiro atoms. The van der Waals surface area contributed by atoms with E-state index in [0.717, 1.165) is 16.7 Å². The molecule has 1 aromatic heterocycles. The van der Waals surface area contributed by atoms with Crippen LogP contribution in [0.5, 0.6) is 5.75 Å². The van der Waals surface area contributed by atoms with E-state index in [1.807, 2.05) is 30.3 Å². The number of benzene rings is 2. The van der Waals surface area contributed by atoms with Crippen LogP contribution in [0.25, 0.3) is 11.3 Å². The van der Waals surface area contributed by atoms with E-state index >= 15 is 0 Å². The summed E-state index contributed by atoms with van der Waals surface area (Å²) in [6.45, 7) is 0.374. The average molecular weight is 356 g/mol. The maximum absolute atomic E-state index is 11.8. The molecule has 6 nitrogen and oxygen atoms in total. The second-order valence-electron chi connectivity index (χ2n) is 5.94. The van der Waals surface area contributed by atoms with E-state index in [-0.39, 0.29) is 5.75 Å². The van der Waals surface area contributed by atoms with Crippen LogP contribution in [0.4, 0.5) is 5.69 Å². The maximum Gasteiger partial charge on any atom is 0.178 e. The quantitative estimate of drug-likeness (QED) is 0.772. The van der Waals surface area contributed by atoms with Gasteiger partial charge in [0.15, 0.2) is 9.84 Å². The minimum Gasteiger partial charge on any atom is -0.489 e. The summed E-state index contributed by atoms with van der Waals surface area (Å²) in [5.74, 6) is 0.901. The number of aromatic nitrogens is 1. The highest BCUT2D eigenvalue weighted by molar-refractivity contribution is 7.91. The van der Waals surface area contributed by atoms with Crippen LogP contribution in [-0.4, -0.2) is 19.3 Å². The van der Waals surface area contributed by atoms with Gasteiger partial charge in [-0.15, -0.1) is 0 Å². The van der Waals surface area contributed by atoms with E-state index in [9.17, 15) is 8.42 Å². The largest absolute Gasteiger partial charge is 0.489 e. The van der Waals surface area contributed by atoms with Crippen molar-refractivity contribution in [2.24, 2.45) is 0 Å². The van der Waals surface area contributed by atoms with Gasteiger partial charge in [-0.25, -0.2) is 8.42 Å². The van der Waals surface area contributed by atoms with Gasteiger partial charge in [0.2, 0.25) is 0 Å². The predicted octanol–water partition coefficient (Wildman–Crippen LogP) is 2.83. The van der Waals surface area contributed by atoms with Crippen molar-refractivity contribution in [2.75, 3.05) is 11.5 Å². The first-order valence-corrected chi connectivity index (χ1v) is 9.46. The standard InChI is InChI=1S/C18H16N2O4S/c19-16-11-24-20-18(16)13-2-4-15(5-3-13)23-10-12-1-6-17-14(9-12)7-8-25(17,21)22/h1-6,9,11H,7-8,10,19H2. The molecule has 0 saturated heterocycles. The zero-order chi connectivity index (χ0) is 17.4. The minimum absolute atomic E-state index is 0.194. The molecule has 1 aliphatic rings. The van der Waals surface area contributed by atoms with Gasteiger partial charge < -0.3 is 15.0 Å². The molecule has 0 atom stereocenters. The normalized spacial score (nSPS) is 15.0. The lowest BCUT2D eigenvalue weighted by molar-refractivity contribution is 0.306. The number of nitrogen functional groups attached to an aromatic ring is 1. The highest BCUT2D eigenvalue weighted by Gasteiger charge is 2.25. The second-order valence-corrected chi connectivity index (χ2v) is 8.02. The predicted molar refractivity (Wildman–Crippen MR) is 92.9 cm³/mol. The Hall–Kier alpha value is -2.80. The molecule has 128 valence electrons. The fraction of sp³-hybridized carbons (Fsp3) is 0.167. The highest BCUT2D eigenvalue weighted by Crippen LogP contribution is 2.28. The molecule has 2 N–H and O–H groups in total. The number of hydrogen-bond acceptors (Lipinski definition) is 6. The monoisotopic (exact) mass is 356 g/mol. The summed E-state index contributed by atoms with van der Waals surface area (Å²) in [5, 5.41) is 3.86. The maximum atomic E-state index is 11.8. The van der Waals surface area contributed by atoms with Crippen molar-refractivity contribution in [3.8, 4) is 17.0 Å². The molecule has 0 aliphatic carbocycles. The second kappa shape index (κ2) is 5.93. The van der Waals surface area contributed by atoms with E-state index in [0.29, 0.717) is 35.1 Å². The van der Waals surface area contributed by atoms with Gasteiger partial charge in [0.25, 0.3) is 0 Å². The molecule has 1 aliphatic heterocycles. The average Bonchev–Trinajstić information content (AvgIpc) is 3.17. The zero-order valence-corrected chi connectivity index (χ0v) is 14.1. The van der Waals surface area contributed by atoms with Crippen molar-refractivity contribution in [3.63, 3.8) is 0 Å². The van der Waals surface area contributed by atoms with Crippen LogP contribution in [0.3, 0.4) is 0 Å². The lowest BCUT2D eigenvalue weighted by atomic mass is 10.1. The molecule has 0 amide bonds. The van der Waals surface area contributed by atoms with Crippen LogP contribution in [0.2, 0.25) is 0 Å². The topological polar surface area (TPSA) is 95.4 Å². The Kier molecular flexibility index (Phi) is 3.73. The van der Waals surface area contributed by atoms with E-state index in [4.69, 9.17) is 15.0 Å². The third kappa shape index (κ3) is 2.98. The van der Waals surface area contributed by atoms with Gasteiger partial charge in [0.05, 0.1) is 10.6 Å². The number of fused-ring (bicyclic) bond motifs is 1. The summed E-state index contributed by atoms with van der Waals surface area (Å²) in [7, 11) is -3.08. The van der Waals surface area contributed by atoms with Crippen molar-refractivity contribution >= 4 is 15.5 Å². The number of hydrogen-bond donors (Lipinski definition) is 1. The molecule has 2 aromatic carbocycles. The highest BCUT2D eigenvalue weighted by atomic mass is 32.2. The Morgan fingerprint density at radius 1 is 1.16 bits per heavy atom. The van der Waals surface area contributed by atoms with Gasteiger partial charge in [-0.2, -0.15) is 0 Å². The molecule has 0 saturated carbocycles. The Balaban J connectivity index is 1.46. The third-order valence-electron chi connectivity index (χ3n) is 4.23. The number of anilines is 1. The minimum atomic E-state index is -3.08. The third-order valence-corrected chi connectivity index (χ3v) is 6.04. The first kappa shape index (κ1) is 15.7. The molecule has 0 fully saturated rings. The van der Waals surface area contributed by atoms with Crippen molar-refractivity contribution < 1.29 is 17.7 Å². The summed E-state index contributed by atoms with van der Waals surface area (Å²) in [6.07, 6.45) is 1.97. The summed E-state index contributed by atoms with van der Waals surface area (Å²) >= 11 is 0. The van der Waals surface area contributed by atoms with Crippen molar-refractivity contribution in [2.45, 2.75) is 17.9 Å². The number of rotatable bonds is 4. The van der Waals surface area contributed by atoms with Gasteiger partial charge in [0, 0.05) is 5.56 Å². The molecule has 25 heavy (non-hydrogen) atoms. The van der Waals surface area contributed by atoms with Crippen molar-refractivity contribution in [1.29, 1.82) is 0 Å². The van der Waals surface area contributed by atoms with Crippen LogP contribution in [0.15, 0.2) is 58.1 Å². The summed E-state index contributed by atoms with van der Waals surface area (Å²) in [5.41, 5.74) is 9.54. The van der Waals surface area contributed by atoms with Crippen LogP contribution in [0.1, 0.15) is 11.1 Å². The molecular formula is C18H16N2O4S. The molecule has 3 aromatic rings. The van der Waals surface area contributed by atoms with Crippen LogP contribution >= 0.6 is 0 Å². The van der Waals surface area contributed by atoms with E-state index in [2.05, 4.69) is 5.16 Å². The Morgan fingerprint density at radius 2 is 1.96 bits per heavy atom. The van der Waals surface area contributed by atoms with Gasteiger partial charge in [-0.05, 0) is 47.9 Å². The Labute approximate surface area is 145 Å². The summed E-state index contributed by atoms with van der Waals surface area (Å²) < 4.78 is 34.3. The fourth-order valence-corrected chi connectivity index (χ4v) is 4.46. The van der Waals surface area contributed by atoms with E-state index < -0.39 is 9.84 Å². The molecule has 0 unspecified atom stereocenters. The SMILES string of the molecule is Nc1conc1-c1ccc(OCc2ccc3c(c2)CCS3(=O)=O)cc1. The Bertz CT molecular complexity index is 1020. The number of nitrogens with two attached hydrogens (primary N) is 1. The van der Waals surface area contributed by atoms with Crippen LogP contribution in [0, 0.1) is 0 Å². The van der Waals surface area contributed by atoms with Gasteiger partial charge in [-0.1, -0.05) is 17.3 Å². The smallest absolute Gasteiger partial charge is 0.178 e. The molecular weight excluding hydrogens is 340 g/mol. The lowest BCUT2D eigenvalue weighted by Crippen LogP contribution is -1.99. The number of ether oxygens (including phenoxy) is 1. The molecule has 0 bridgehead atoms. The van der Waals surface area contributed by atoms with Gasteiger partial charge >= 0.3 is 0 Å². The van der Waals surface area contributed by atoms with Crippen LogP contribution < -0.4 is 10.5 Å². The molecule has 0 radical (unpaired) electrons.